The number of methoxy groups -OCH3 is 1. The van der Waals surface area contributed by atoms with Gasteiger partial charge in [0.05, 0.1) is 7.11 Å². The fourth-order valence-electron chi connectivity index (χ4n) is 2.30. The third kappa shape index (κ3) is 1.96. The minimum Gasteiger partial charge on any atom is -0.497 e. The molecule has 0 saturated heterocycles. The smallest absolute Gasteiger partial charge is 0.305 e. The first-order valence-electron chi connectivity index (χ1n) is 5.66. The third-order valence-electron chi connectivity index (χ3n) is 3.48. The van der Waals surface area contributed by atoms with Crippen molar-refractivity contribution in [2.75, 3.05) is 7.11 Å². The molecule has 0 bridgehead atoms. The van der Waals surface area contributed by atoms with E-state index in [2.05, 4.69) is 0 Å². The van der Waals surface area contributed by atoms with Crippen LogP contribution in [-0.4, -0.2) is 18.7 Å². The number of hydrogen-bond acceptors (Lipinski definition) is 1. The largest absolute Gasteiger partial charge is 0.497 e. The van der Waals surface area contributed by atoms with E-state index in [1.807, 2.05) is 0 Å². The second-order valence-corrected chi connectivity index (χ2v) is 4.52. The summed E-state index contributed by atoms with van der Waals surface area (Å²) >= 11 is 0. The lowest BCUT2D eigenvalue weighted by molar-refractivity contribution is -0.216. The topological polar surface area (TPSA) is 9.23 Å². The van der Waals surface area contributed by atoms with Gasteiger partial charge in [-0.25, -0.2) is 17.6 Å². The number of ether oxygens (including phenoxy) is 1. The van der Waals surface area contributed by atoms with Gasteiger partial charge in [-0.05, 0) is 17.7 Å². The quantitative estimate of drug-likeness (QED) is 0.740. The predicted octanol–water partition coefficient (Wildman–Crippen LogP) is 4.60. The molecule has 0 aliphatic heterocycles. The standard InChI is InChI=1S/C13H10F6O/c1-20-8-4-2-7(3-5-8)9-6-12(17,18)13(9,19)10(14)11(15)16/h2-5,9H,6H2,1H3. The summed E-state index contributed by atoms with van der Waals surface area (Å²) in [6, 6.07) is 5.21. The Labute approximate surface area is 110 Å². The van der Waals surface area contributed by atoms with Crippen molar-refractivity contribution in [2.45, 2.75) is 23.9 Å². The molecule has 110 valence electrons. The number of allylic oxidation sites excluding steroid dienone is 1. The molecule has 1 fully saturated rings. The lowest BCUT2D eigenvalue weighted by Crippen LogP contribution is -2.60. The highest BCUT2D eigenvalue weighted by Gasteiger charge is 2.74. The SMILES string of the molecule is COc1ccc(C2CC(F)(F)C2(F)C(F)=C(F)F)cc1. The van der Waals surface area contributed by atoms with E-state index in [9.17, 15) is 26.3 Å². The van der Waals surface area contributed by atoms with Crippen LogP contribution in [0.5, 0.6) is 5.75 Å². The molecule has 1 saturated carbocycles. The van der Waals surface area contributed by atoms with Crippen LogP contribution in [0.25, 0.3) is 0 Å². The Balaban J connectivity index is 2.40. The average Bonchev–Trinajstić information content (AvgIpc) is 2.43. The zero-order valence-electron chi connectivity index (χ0n) is 10.3. The van der Waals surface area contributed by atoms with Crippen LogP contribution in [0.3, 0.4) is 0 Å². The van der Waals surface area contributed by atoms with Gasteiger partial charge in [0, 0.05) is 12.3 Å². The Morgan fingerprint density at radius 3 is 2.05 bits per heavy atom. The summed E-state index contributed by atoms with van der Waals surface area (Å²) in [6.45, 7) is 0. The van der Waals surface area contributed by atoms with E-state index in [0.29, 0.717) is 5.75 Å². The van der Waals surface area contributed by atoms with Crippen LogP contribution in [0.2, 0.25) is 0 Å². The highest BCUT2D eigenvalue weighted by molar-refractivity contribution is 5.40. The summed E-state index contributed by atoms with van der Waals surface area (Å²) in [7, 11) is 1.37. The number of alkyl halides is 3. The van der Waals surface area contributed by atoms with Crippen LogP contribution in [0, 0.1) is 0 Å². The van der Waals surface area contributed by atoms with E-state index in [0.717, 1.165) is 0 Å². The first kappa shape index (κ1) is 14.7. The molecule has 1 aromatic rings. The first-order valence-corrected chi connectivity index (χ1v) is 5.66. The Bertz CT molecular complexity index is 534. The van der Waals surface area contributed by atoms with Gasteiger partial charge in [0.2, 0.25) is 11.5 Å². The molecule has 0 spiro atoms. The summed E-state index contributed by atoms with van der Waals surface area (Å²) in [5.41, 5.74) is -3.99. The Hall–Kier alpha value is -1.66. The van der Waals surface area contributed by atoms with Crippen LogP contribution < -0.4 is 4.74 Å². The van der Waals surface area contributed by atoms with Crippen LogP contribution in [0.4, 0.5) is 26.3 Å². The van der Waals surface area contributed by atoms with Gasteiger partial charge in [0.25, 0.3) is 5.92 Å². The van der Waals surface area contributed by atoms with Crippen molar-refractivity contribution in [2.24, 2.45) is 0 Å². The van der Waals surface area contributed by atoms with Crippen LogP contribution in [-0.2, 0) is 0 Å². The maximum absolute atomic E-state index is 14.2. The molecule has 1 aliphatic rings. The molecule has 2 unspecified atom stereocenters. The van der Waals surface area contributed by atoms with E-state index in [-0.39, 0.29) is 5.56 Å². The molecular weight excluding hydrogens is 286 g/mol. The average molecular weight is 296 g/mol. The van der Waals surface area contributed by atoms with Gasteiger partial charge in [-0.3, -0.25) is 0 Å². The lowest BCUT2D eigenvalue weighted by Gasteiger charge is -2.48. The number of rotatable bonds is 3. The Kier molecular flexibility index (Phi) is 3.47. The van der Waals surface area contributed by atoms with E-state index in [4.69, 9.17) is 4.74 Å². The Morgan fingerprint density at radius 1 is 1.10 bits per heavy atom. The first-order chi connectivity index (χ1) is 9.24. The fourth-order valence-corrected chi connectivity index (χ4v) is 2.30. The van der Waals surface area contributed by atoms with Gasteiger partial charge < -0.3 is 4.74 Å². The van der Waals surface area contributed by atoms with Crippen LogP contribution in [0.1, 0.15) is 17.9 Å². The predicted molar refractivity (Wildman–Crippen MR) is 59.5 cm³/mol. The second-order valence-electron chi connectivity index (χ2n) is 4.52. The summed E-state index contributed by atoms with van der Waals surface area (Å²) in [6.07, 6.45) is -4.10. The van der Waals surface area contributed by atoms with Gasteiger partial charge in [-0.15, -0.1) is 0 Å². The molecule has 0 N–H and O–H groups in total. The minimum absolute atomic E-state index is 0.00984. The van der Waals surface area contributed by atoms with Crippen molar-refractivity contribution in [3.05, 3.63) is 41.7 Å². The van der Waals surface area contributed by atoms with E-state index in [1.165, 1.54) is 31.4 Å². The number of hydrogen-bond donors (Lipinski definition) is 0. The maximum atomic E-state index is 14.2. The summed E-state index contributed by atoms with van der Waals surface area (Å²) in [4.78, 5) is 0. The normalized spacial score (nSPS) is 27.6. The summed E-state index contributed by atoms with van der Waals surface area (Å²) < 4.78 is 83.1. The van der Waals surface area contributed by atoms with E-state index < -0.39 is 35.8 Å². The van der Waals surface area contributed by atoms with Crippen molar-refractivity contribution in [3.8, 4) is 5.75 Å². The number of benzene rings is 1. The second kappa shape index (κ2) is 4.71. The van der Waals surface area contributed by atoms with Crippen molar-refractivity contribution in [3.63, 3.8) is 0 Å². The zero-order valence-corrected chi connectivity index (χ0v) is 10.3. The molecule has 1 aliphatic carbocycles. The monoisotopic (exact) mass is 296 g/mol. The van der Waals surface area contributed by atoms with Crippen LogP contribution >= 0.6 is 0 Å². The molecule has 2 rings (SSSR count). The summed E-state index contributed by atoms with van der Waals surface area (Å²) in [5, 5.41) is 0. The van der Waals surface area contributed by atoms with E-state index in [1.54, 1.807) is 0 Å². The van der Waals surface area contributed by atoms with Crippen molar-refractivity contribution in [1.29, 1.82) is 0 Å². The highest BCUT2D eigenvalue weighted by atomic mass is 19.3. The molecule has 20 heavy (non-hydrogen) atoms. The molecule has 1 aromatic carbocycles. The van der Waals surface area contributed by atoms with Gasteiger partial charge >= 0.3 is 6.08 Å². The number of halogens is 6. The van der Waals surface area contributed by atoms with Gasteiger partial charge in [0.1, 0.15) is 5.75 Å². The lowest BCUT2D eigenvalue weighted by atomic mass is 9.63. The highest BCUT2D eigenvalue weighted by Crippen LogP contribution is 2.63. The van der Waals surface area contributed by atoms with Crippen molar-refractivity contribution in [1.82, 2.24) is 0 Å². The molecule has 0 heterocycles. The zero-order chi connectivity index (χ0) is 15.1. The maximum Gasteiger partial charge on any atom is 0.305 e. The van der Waals surface area contributed by atoms with Crippen molar-refractivity contribution < 1.29 is 31.1 Å². The van der Waals surface area contributed by atoms with Gasteiger partial charge in [-0.2, -0.15) is 8.78 Å². The molecule has 2 atom stereocenters. The Morgan fingerprint density at radius 2 is 1.65 bits per heavy atom. The van der Waals surface area contributed by atoms with Crippen LogP contribution in [0.15, 0.2) is 36.2 Å². The third-order valence-corrected chi connectivity index (χ3v) is 3.48. The van der Waals surface area contributed by atoms with Gasteiger partial charge in [0.15, 0.2) is 0 Å². The van der Waals surface area contributed by atoms with E-state index >= 15 is 0 Å². The van der Waals surface area contributed by atoms with Gasteiger partial charge in [-0.1, -0.05) is 12.1 Å². The van der Waals surface area contributed by atoms with Crippen molar-refractivity contribution >= 4 is 0 Å². The molecular formula is C13H10F6O. The molecule has 1 nitrogen and oxygen atoms in total. The summed E-state index contributed by atoms with van der Waals surface area (Å²) in [5.74, 6) is -8.14. The molecule has 7 heteroatoms. The molecule has 0 amide bonds. The molecule has 0 aromatic heterocycles. The molecule has 0 radical (unpaired) electrons. The minimum atomic E-state index is -4.16. The fraction of sp³-hybridized carbons (Fsp3) is 0.385.